The molecule has 0 aliphatic heterocycles. The highest BCUT2D eigenvalue weighted by Crippen LogP contribution is 2.19. The first-order valence-electron chi connectivity index (χ1n) is 5.85. The number of carbonyl (C=O) groups excluding carboxylic acids is 1. The summed E-state index contributed by atoms with van der Waals surface area (Å²) < 4.78 is 13.7. The number of carbonyl (C=O) groups is 1. The number of halogens is 2. The highest BCUT2D eigenvalue weighted by molar-refractivity contribution is 9.10. The fourth-order valence-electron chi connectivity index (χ4n) is 1.63. The Morgan fingerprint density at radius 3 is 2.38 bits per heavy atom. The van der Waals surface area contributed by atoms with Crippen LogP contribution < -0.4 is 11.1 Å². The van der Waals surface area contributed by atoms with Gasteiger partial charge in [0.25, 0.3) is 5.91 Å². The van der Waals surface area contributed by atoms with E-state index in [0.717, 1.165) is 0 Å². The van der Waals surface area contributed by atoms with Gasteiger partial charge in [0.05, 0.1) is 4.47 Å². The van der Waals surface area contributed by atoms with E-state index in [1.54, 1.807) is 18.2 Å². The normalized spacial score (nSPS) is 11.2. The van der Waals surface area contributed by atoms with Crippen LogP contribution in [0.25, 0.3) is 0 Å². The number of hydrogen-bond acceptors (Lipinski definition) is 3. The molecule has 7 heteroatoms. The molecule has 0 unspecified atom stereocenters. The first-order chi connectivity index (χ1) is 10.0. The second kappa shape index (κ2) is 6.36. The van der Waals surface area contributed by atoms with Gasteiger partial charge in [0.15, 0.2) is 5.84 Å². The van der Waals surface area contributed by atoms with Gasteiger partial charge in [0.2, 0.25) is 0 Å². The van der Waals surface area contributed by atoms with Crippen LogP contribution in [0.4, 0.5) is 10.1 Å². The Hall–Kier alpha value is -2.41. The number of oxime groups is 1. The third kappa shape index (κ3) is 3.57. The maximum atomic E-state index is 13.4. The van der Waals surface area contributed by atoms with E-state index in [-0.39, 0.29) is 11.7 Å². The molecule has 2 aromatic rings. The summed E-state index contributed by atoms with van der Waals surface area (Å²) in [5.41, 5.74) is 6.63. The maximum Gasteiger partial charge on any atom is 0.255 e. The summed E-state index contributed by atoms with van der Waals surface area (Å²) in [4.78, 5) is 12.0. The number of anilines is 1. The number of nitrogens with one attached hydrogen (secondary N) is 1. The van der Waals surface area contributed by atoms with Crippen LogP contribution in [0, 0.1) is 5.82 Å². The van der Waals surface area contributed by atoms with Gasteiger partial charge >= 0.3 is 0 Å². The lowest BCUT2D eigenvalue weighted by Crippen LogP contribution is -2.15. The van der Waals surface area contributed by atoms with Crippen molar-refractivity contribution in [3.63, 3.8) is 0 Å². The van der Waals surface area contributed by atoms with E-state index >= 15 is 0 Å². The zero-order valence-corrected chi connectivity index (χ0v) is 12.3. The van der Waals surface area contributed by atoms with Crippen molar-refractivity contribution in [2.24, 2.45) is 10.9 Å². The number of nitrogens with zero attached hydrogens (tertiary/aromatic N) is 1. The number of amidine groups is 1. The molecule has 0 fully saturated rings. The minimum Gasteiger partial charge on any atom is -0.409 e. The zero-order chi connectivity index (χ0) is 15.4. The van der Waals surface area contributed by atoms with E-state index in [9.17, 15) is 9.18 Å². The van der Waals surface area contributed by atoms with Gasteiger partial charge in [0.1, 0.15) is 5.82 Å². The van der Waals surface area contributed by atoms with Crippen LogP contribution in [0.5, 0.6) is 0 Å². The first kappa shape index (κ1) is 15.0. The monoisotopic (exact) mass is 351 g/mol. The molecule has 0 bridgehead atoms. The van der Waals surface area contributed by atoms with Crippen molar-refractivity contribution in [3.05, 3.63) is 63.9 Å². The predicted octanol–water partition coefficient (Wildman–Crippen LogP) is 2.94. The molecule has 21 heavy (non-hydrogen) atoms. The van der Waals surface area contributed by atoms with E-state index in [0.29, 0.717) is 21.3 Å². The summed E-state index contributed by atoms with van der Waals surface area (Å²) in [6.07, 6.45) is 0. The molecule has 0 saturated carbocycles. The number of rotatable bonds is 3. The molecule has 4 N–H and O–H groups in total. The second-order valence-electron chi connectivity index (χ2n) is 4.15. The third-order valence-corrected chi connectivity index (χ3v) is 3.37. The van der Waals surface area contributed by atoms with E-state index in [1.807, 2.05) is 0 Å². The molecule has 0 atom stereocenters. The third-order valence-electron chi connectivity index (χ3n) is 2.73. The van der Waals surface area contributed by atoms with E-state index in [2.05, 4.69) is 26.4 Å². The molecular weight excluding hydrogens is 341 g/mol. The van der Waals surface area contributed by atoms with Crippen molar-refractivity contribution in [1.82, 2.24) is 0 Å². The molecule has 0 aliphatic rings. The van der Waals surface area contributed by atoms with E-state index in [1.165, 1.54) is 24.3 Å². The quantitative estimate of drug-likeness (QED) is 0.344. The standard InChI is InChI=1S/C14H11BrFN3O2/c15-11-6-5-10(7-12(11)16)18-14(20)9-3-1-8(2-4-9)13(17)19-21/h1-7,21H,(H2,17,19)(H,18,20). The van der Waals surface area contributed by atoms with Crippen LogP contribution in [-0.4, -0.2) is 17.0 Å². The van der Waals surface area contributed by atoms with Gasteiger partial charge in [-0.2, -0.15) is 0 Å². The fraction of sp³-hybridized carbons (Fsp3) is 0. The minimum absolute atomic E-state index is 0.0445. The van der Waals surface area contributed by atoms with Gasteiger partial charge in [-0.3, -0.25) is 4.79 Å². The van der Waals surface area contributed by atoms with Crippen molar-refractivity contribution in [2.75, 3.05) is 5.32 Å². The van der Waals surface area contributed by atoms with Crippen LogP contribution >= 0.6 is 15.9 Å². The average Bonchev–Trinajstić information content (AvgIpc) is 2.50. The van der Waals surface area contributed by atoms with Gasteiger partial charge in [-0.1, -0.05) is 17.3 Å². The van der Waals surface area contributed by atoms with Crippen LogP contribution in [0.1, 0.15) is 15.9 Å². The van der Waals surface area contributed by atoms with Gasteiger partial charge in [-0.15, -0.1) is 0 Å². The molecule has 0 saturated heterocycles. The zero-order valence-electron chi connectivity index (χ0n) is 10.7. The largest absolute Gasteiger partial charge is 0.409 e. The van der Waals surface area contributed by atoms with Gasteiger partial charge in [0, 0.05) is 16.8 Å². The number of hydrogen-bond donors (Lipinski definition) is 3. The second-order valence-corrected chi connectivity index (χ2v) is 5.00. The summed E-state index contributed by atoms with van der Waals surface area (Å²) in [6.45, 7) is 0. The highest BCUT2D eigenvalue weighted by Gasteiger charge is 2.08. The number of benzene rings is 2. The van der Waals surface area contributed by atoms with Crippen molar-refractivity contribution in [3.8, 4) is 0 Å². The minimum atomic E-state index is -0.463. The Kier molecular flexibility index (Phi) is 4.54. The molecule has 5 nitrogen and oxygen atoms in total. The van der Waals surface area contributed by atoms with E-state index < -0.39 is 5.82 Å². The molecule has 108 valence electrons. The van der Waals surface area contributed by atoms with Crippen molar-refractivity contribution in [2.45, 2.75) is 0 Å². The molecule has 0 radical (unpaired) electrons. The Balaban J connectivity index is 2.14. The summed E-state index contributed by atoms with van der Waals surface area (Å²) in [5.74, 6) is -0.894. The summed E-state index contributed by atoms with van der Waals surface area (Å²) in [6, 6.07) is 10.4. The summed E-state index contributed by atoms with van der Waals surface area (Å²) >= 11 is 3.04. The lowest BCUT2D eigenvalue weighted by molar-refractivity contribution is 0.102. The average molecular weight is 352 g/mol. The molecule has 0 aliphatic carbocycles. The highest BCUT2D eigenvalue weighted by atomic mass is 79.9. The topological polar surface area (TPSA) is 87.7 Å². The van der Waals surface area contributed by atoms with Crippen LogP contribution in [0.3, 0.4) is 0 Å². The lowest BCUT2D eigenvalue weighted by Gasteiger charge is -2.06. The van der Waals surface area contributed by atoms with Gasteiger partial charge in [-0.25, -0.2) is 4.39 Å². The maximum absolute atomic E-state index is 13.4. The lowest BCUT2D eigenvalue weighted by atomic mass is 10.1. The Morgan fingerprint density at radius 1 is 1.19 bits per heavy atom. The smallest absolute Gasteiger partial charge is 0.255 e. The molecular formula is C14H11BrFN3O2. The van der Waals surface area contributed by atoms with Crippen molar-refractivity contribution in [1.29, 1.82) is 0 Å². The summed E-state index contributed by atoms with van der Waals surface area (Å²) in [5, 5.41) is 14.0. The van der Waals surface area contributed by atoms with Crippen LogP contribution in [0.2, 0.25) is 0 Å². The molecule has 1 amide bonds. The van der Waals surface area contributed by atoms with Gasteiger partial charge in [-0.05, 0) is 46.3 Å². The van der Waals surface area contributed by atoms with Crippen LogP contribution in [0.15, 0.2) is 52.1 Å². The predicted molar refractivity (Wildman–Crippen MR) is 81.0 cm³/mol. The van der Waals surface area contributed by atoms with E-state index in [4.69, 9.17) is 10.9 Å². The Bertz CT molecular complexity index is 702. The first-order valence-corrected chi connectivity index (χ1v) is 6.65. The summed E-state index contributed by atoms with van der Waals surface area (Å²) in [7, 11) is 0. The van der Waals surface area contributed by atoms with Crippen molar-refractivity contribution < 1.29 is 14.4 Å². The SMILES string of the molecule is NC(=NO)c1ccc(C(=O)Nc2ccc(Br)c(F)c2)cc1. The molecule has 2 rings (SSSR count). The number of amides is 1. The molecule has 0 aromatic heterocycles. The van der Waals surface area contributed by atoms with Crippen LogP contribution in [-0.2, 0) is 0 Å². The molecule has 0 spiro atoms. The fourth-order valence-corrected chi connectivity index (χ4v) is 1.87. The molecule has 2 aromatic carbocycles. The number of nitrogens with two attached hydrogens (primary N) is 1. The van der Waals surface area contributed by atoms with Gasteiger partial charge < -0.3 is 16.3 Å². The van der Waals surface area contributed by atoms with Crippen molar-refractivity contribution >= 4 is 33.4 Å². The Morgan fingerprint density at radius 2 is 1.81 bits per heavy atom. The Labute approximate surface area is 128 Å². The molecule has 0 heterocycles.